The maximum Gasteiger partial charge on any atom is 0.326 e. The van der Waals surface area contributed by atoms with E-state index < -0.39 is 25.0 Å². The number of benzene rings is 1. The van der Waals surface area contributed by atoms with E-state index in [9.17, 15) is 19.2 Å². The van der Waals surface area contributed by atoms with Crippen molar-refractivity contribution in [2.75, 3.05) is 18.5 Å². The minimum absolute atomic E-state index is 0.341. The average molecular weight is 370 g/mol. The number of fused-ring (bicyclic) bond motifs is 1. The van der Waals surface area contributed by atoms with Crippen LogP contribution in [0.2, 0.25) is 0 Å². The van der Waals surface area contributed by atoms with E-state index in [0.29, 0.717) is 18.5 Å². The predicted octanol–water partition coefficient (Wildman–Crippen LogP) is 1.74. The average Bonchev–Trinajstić information content (AvgIpc) is 2.88. The molecule has 0 unspecified atom stereocenters. The standard InChI is InChI=1S/C20H22N2O5/c1-12-6-5-7-13(2)18(12)21-16(23)11-27-17(24)10-22-19(25)14-8-3-4-9-15(14)20(22)26/h3-7,14-15H,8-11H2,1-2H3,(H,21,23)/t14-,15+. The molecular formula is C20H22N2O5. The molecular weight excluding hydrogens is 348 g/mol. The van der Waals surface area contributed by atoms with Crippen molar-refractivity contribution in [3.05, 3.63) is 41.5 Å². The molecule has 1 aromatic rings. The Kier molecular flexibility index (Phi) is 5.39. The summed E-state index contributed by atoms with van der Waals surface area (Å²) >= 11 is 0. The molecule has 1 aliphatic heterocycles. The summed E-state index contributed by atoms with van der Waals surface area (Å²) in [6.45, 7) is 2.81. The molecule has 1 aromatic carbocycles. The number of hydrogen-bond acceptors (Lipinski definition) is 5. The van der Waals surface area contributed by atoms with Crippen molar-refractivity contribution < 1.29 is 23.9 Å². The molecule has 27 heavy (non-hydrogen) atoms. The summed E-state index contributed by atoms with van der Waals surface area (Å²) in [7, 11) is 0. The first-order chi connectivity index (χ1) is 12.9. The second kappa shape index (κ2) is 7.73. The maximum absolute atomic E-state index is 12.3. The van der Waals surface area contributed by atoms with Crippen LogP contribution >= 0.6 is 0 Å². The van der Waals surface area contributed by atoms with E-state index in [1.165, 1.54) is 0 Å². The Labute approximate surface area is 157 Å². The van der Waals surface area contributed by atoms with E-state index >= 15 is 0 Å². The van der Waals surface area contributed by atoms with E-state index in [4.69, 9.17) is 4.74 Å². The van der Waals surface area contributed by atoms with Gasteiger partial charge in [-0.25, -0.2) is 0 Å². The highest BCUT2D eigenvalue weighted by atomic mass is 16.5. The fraction of sp³-hybridized carbons (Fsp3) is 0.400. The number of para-hydroxylation sites is 1. The van der Waals surface area contributed by atoms with E-state index in [0.717, 1.165) is 16.0 Å². The normalized spacial score (nSPS) is 21.2. The highest BCUT2D eigenvalue weighted by molar-refractivity contribution is 6.07. The second-order valence-electron chi connectivity index (χ2n) is 6.89. The van der Waals surface area contributed by atoms with Gasteiger partial charge in [-0.2, -0.15) is 0 Å². The minimum Gasteiger partial charge on any atom is -0.454 e. The molecule has 7 nitrogen and oxygen atoms in total. The van der Waals surface area contributed by atoms with Crippen LogP contribution in [-0.2, 0) is 23.9 Å². The molecule has 0 spiro atoms. The van der Waals surface area contributed by atoms with Gasteiger partial charge in [0.05, 0.1) is 11.8 Å². The summed E-state index contributed by atoms with van der Waals surface area (Å²) in [5, 5.41) is 2.71. The van der Waals surface area contributed by atoms with Crippen LogP contribution in [0.1, 0.15) is 24.0 Å². The number of nitrogens with zero attached hydrogens (tertiary/aromatic N) is 1. The van der Waals surface area contributed by atoms with Gasteiger partial charge in [0.1, 0.15) is 6.54 Å². The van der Waals surface area contributed by atoms with Gasteiger partial charge in [-0.1, -0.05) is 30.4 Å². The lowest BCUT2D eigenvalue weighted by Gasteiger charge is -2.14. The molecule has 142 valence electrons. The number of rotatable bonds is 5. The lowest BCUT2D eigenvalue weighted by atomic mass is 9.85. The fourth-order valence-corrected chi connectivity index (χ4v) is 3.53. The number of likely N-dealkylation sites (tertiary alicyclic amines) is 1. The van der Waals surface area contributed by atoms with Gasteiger partial charge in [0, 0.05) is 5.69 Å². The van der Waals surface area contributed by atoms with Crippen LogP contribution in [0.25, 0.3) is 0 Å². The molecule has 1 N–H and O–H groups in total. The number of aryl methyl sites for hydroxylation is 2. The summed E-state index contributed by atoms with van der Waals surface area (Å²) in [5.74, 6) is -2.71. The summed E-state index contributed by atoms with van der Waals surface area (Å²) in [5.41, 5.74) is 2.48. The van der Waals surface area contributed by atoms with Gasteiger partial charge < -0.3 is 10.1 Å². The molecule has 3 rings (SSSR count). The van der Waals surface area contributed by atoms with Crippen molar-refractivity contribution in [3.63, 3.8) is 0 Å². The molecule has 1 heterocycles. The molecule has 0 saturated carbocycles. The second-order valence-corrected chi connectivity index (χ2v) is 6.89. The number of esters is 1. The molecule has 0 bridgehead atoms. The van der Waals surface area contributed by atoms with Gasteiger partial charge in [0.2, 0.25) is 11.8 Å². The van der Waals surface area contributed by atoms with Gasteiger partial charge in [-0.15, -0.1) is 0 Å². The van der Waals surface area contributed by atoms with E-state index in [1.54, 1.807) is 0 Å². The summed E-state index contributed by atoms with van der Waals surface area (Å²) in [6, 6.07) is 5.62. The number of carbonyl (C=O) groups excluding carboxylic acids is 4. The smallest absolute Gasteiger partial charge is 0.326 e. The Morgan fingerprint density at radius 2 is 1.63 bits per heavy atom. The zero-order chi connectivity index (χ0) is 19.6. The number of anilines is 1. The molecule has 0 aromatic heterocycles. The van der Waals surface area contributed by atoms with Crippen LogP contribution in [0.3, 0.4) is 0 Å². The molecule has 1 saturated heterocycles. The lowest BCUT2D eigenvalue weighted by molar-refractivity contribution is -0.154. The molecule has 7 heteroatoms. The van der Waals surface area contributed by atoms with Crippen molar-refractivity contribution in [2.24, 2.45) is 11.8 Å². The van der Waals surface area contributed by atoms with Gasteiger partial charge in [-0.05, 0) is 37.8 Å². The number of hydrogen-bond donors (Lipinski definition) is 1. The predicted molar refractivity (Wildman–Crippen MR) is 97.6 cm³/mol. The molecule has 0 radical (unpaired) electrons. The highest BCUT2D eigenvalue weighted by Gasteiger charge is 2.47. The van der Waals surface area contributed by atoms with Crippen molar-refractivity contribution in [1.82, 2.24) is 4.90 Å². The number of imide groups is 1. The maximum atomic E-state index is 12.3. The number of carbonyl (C=O) groups is 4. The topological polar surface area (TPSA) is 92.8 Å². The fourth-order valence-electron chi connectivity index (χ4n) is 3.53. The number of allylic oxidation sites excluding steroid dienone is 2. The van der Waals surface area contributed by atoms with Gasteiger partial charge >= 0.3 is 5.97 Å². The van der Waals surface area contributed by atoms with Crippen molar-refractivity contribution in [2.45, 2.75) is 26.7 Å². The zero-order valence-electron chi connectivity index (χ0n) is 15.4. The van der Waals surface area contributed by atoms with E-state index in [-0.39, 0.29) is 23.7 Å². The van der Waals surface area contributed by atoms with Crippen LogP contribution in [0.4, 0.5) is 5.69 Å². The van der Waals surface area contributed by atoms with Crippen molar-refractivity contribution in [3.8, 4) is 0 Å². The summed E-state index contributed by atoms with van der Waals surface area (Å²) in [6.07, 6.45) is 4.79. The van der Waals surface area contributed by atoms with Crippen molar-refractivity contribution >= 4 is 29.4 Å². The Bertz CT molecular complexity index is 783. The quantitative estimate of drug-likeness (QED) is 0.484. The van der Waals surface area contributed by atoms with Crippen LogP contribution in [-0.4, -0.2) is 41.7 Å². The largest absolute Gasteiger partial charge is 0.454 e. The van der Waals surface area contributed by atoms with Gasteiger partial charge in [-0.3, -0.25) is 24.1 Å². The third kappa shape index (κ3) is 3.92. The third-order valence-corrected chi connectivity index (χ3v) is 5.00. The number of amides is 3. The first-order valence-electron chi connectivity index (χ1n) is 8.90. The number of nitrogens with one attached hydrogen (secondary N) is 1. The van der Waals surface area contributed by atoms with Crippen LogP contribution in [0.5, 0.6) is 0 Å². The third-order valence-electron chi connectivity index (χ3n) is 5.00. The Morgan fingerprint density at radius 1 is 1.07 bits per heavy atom. The summed E-state index contributed by atoms with van der Waals surface area (Å²) < 4.78 is 4.96. The summed E-state index contributed by atoms with van der Waals surface area (Å²) in [4.78, 5) is 49.7. The van der Waals surface area contributed by atoms with E-state index in [2.05, 4.69) is 5.32 Å². The molecule has 1 aliphatic carbocycles. The molecule has 1 fully saturated rings. The zero-order valence-corrected chi connectivity index (χ0v) is 15.4. The Morgan fingerprint density at radius 3 is 2.19 bits per heavy atom. The van der Waals surface area contributed by atoms with E-state index in [1.807, 2.05) is 44.2 Å². The SMILES string of the molecule is Cc1cccc(C)c1NC(=O)COC(=O)CN1C(=O)[C@H]2CC=CC[C@H]2C1=O. The molecule has 3 amide bonds. The molecule has 2 aliphatic rings. The van der Waals surface area contributed by atoms with Gasteiger partial charge in [0.15, 0.2) is 6.61 Å². The van der Waals surface area contributed by atoms with Crippen LogP contribution in [0, 0.1) is 25.7 Å². The van der Waals surface area contributed by atoms with Crippen LogP contribution in [0.15, 0.2) is 30.4 Å². The van der Waals surface area contributed by atoms with Crippen molar-refractivity contribution in [1.29, 1.82) is 0 Å². The highest BCUT2D eigenvalue weighted by Crippen LogP contribution is 2.34. The Hall–Kier alpha value is -2.96. The lowest BCUT2D eigenvalue weighted by Crippen LogP contribution is -2.37. The minimum atomic E-state index is -0.778. The van der Waals surface area contributed by atoms with Gasteiger partial charge in [0.25, 0.3) is 5.91 Å². The number of ether oxygens (including phenoxy) is 1. The monoisotopic (exact) mass is 370 g/mol. The van der Waals surface area contributed by atoms with Crippen LogP contribution < -0.4 is 5.32 Å². The first kappa shape index (κ1) is 18.8. The Balaban J connectivity index is 1.52. The molecule has 2 atom stereocenters. The first-order valence-corrected chi connectivity index (χ1v) is 8.90.